The van der Waals surface area contributed by atoms with E-state index in [1.165, 1.54) is 0 Å². The first-order chi connectivity index (χ1) is 14.7. The lowest BCUT2D eigenvalue weighted by molar-refractivity contribution is 0.0948. The Kier molecular flexibility index (Phi) is 5.22. The predicted molar refractivity (Wildman–Crippen MR) is 112 cm³/mol. The zero-order valence-corrected chi connectivity index (χ0v) is 15.9. The van der Waals surface area contributed by atoms with Crippen molar-refractivity contribution in [2.45, 2.75) is 6.54 Å². The molecule has 2 heterocycles. The molecule has 7 nitrogen and oxygen atoms in total. The van der Waals surface area contributed by atoms with Crippen LogP contribution in [0.4, 0.5) is 5.69 Å². The van der Waals surface area contributed by atoms with Crippen molar-refractivity contribution in [2.75, 3.05) is 5.32 Å². The highest BCUT2D eigenvalue weighted by atomic mass is 16.2. The number of nitrogens with zero attached hydrogens (tertiary/aromatic N) is 3. The topological polar surface area (TPSA) is 99.3 Å². The van der Waals surface area contributed by atoms with Gasteiger partial charge in [0, 0.05) is 18.4 Å². The van der Waals surface area contributed by atoms with E-state index in [0.29, 0.717) is 23.3 Å². The van der Waals surface area contributed by atoms with Crippen LogP contribution >= 0.6 is 0 Å². The van der Waals surface area contributed by atoms with Gasteiger partial charge in [-0.05, 0) is 42.0 Å². The molecule has 0 saturated carbocycles. The van der Waals surface area contributed by atoms with E-state index in [1.54, 1.807) is 53.1 Å². The lowest BCUT2D eigenvalue weighted by atomic mass is 10.2. The molecule has 2 N–H and O–H groups in total. The van der Waals surface area contributed by atoms with Crippen LogP contribution < -0.4 is 10.6 Å². The Morgan fingerprint density at radius 2 is 1.67 bits per heavy atom. The fraction of sp³-hybridized carbons (Fsp3) is 0.0435. The van der Waals surface area contributed by atoms with Gasteiger partial charge in [0.1, 0.15) is 0 Å². The number of hydrogen-bond donors (Lipinski definition) is 2. The summed E-state index contributed by atoms with van der Waals surface area (Å²) in [6.07, 6.45) is 1.68. The van der Waals surface area contributed by atoms with Crippen LogP contribution in [0, 0.1) is 11.3 Å². The highest BCUT2D eigenvalue weighted by Crippen LogP contribution is 2.16. The minimum atomic E-state index is -0.456. The van der Waals surface area contributed by atoms with Gasteiger partial charge in [-0.3, -0.25) is 14.0 Å². The summed E-state index contributed by atoms with van der Waals surface area (Å²) >= 11 is 0. The highest BCUT2D eigenvalue weighted by molar-refractivity contribution is 6.06. The Balaban J connectivity index is 1.59. The first-order valence-corrected chi connectivity index (χ1v) is 9.26. The monoisotopic (exact) mass is 395 g/mol. The highest BCUT2D eigenvalue weighted by Gasteiger charge is 2.21. The molecule has 4 rings (SSSR count). The number of rotatable bonds is 5. The molecule has 0 saturated heterocycles. The van der Waals surface area contributed by atoms with Crippen LogP contribution in [-0.4, -0.2) is 21.2 Å². The summed E-state index contributed by atoms with van der Waals surface area (Å²) in [6, 6.07) is 23.4. The van der Waals surface area contributed by atoms with Gasteiger partial charge in [0.15, 0.2) is 5.69 Å². The molecule has 146 valence electrons. The second kappa shape index (κ2) is 8.29. The van der Waals surface area contributed by atoms with Gasteiger partial charge in [0.2, 0.25) is 5.82 Å². The maximum atomic E-state index is 12.8. The standard InChI is InChI=1S/C23H17N5O2/c24-14-16-9-11-18(12-10-16)26-23(30)21-27-20(19-8-4-5-13-28(19)21)22(29)25-15-17-6-2-1-3-7-17/h1-13H,15H2,(H,25,29)(H,26,30). The Hall–Kier alpha value is -4.44. The number of amides is 2. The third-order valence-corrected chi connectivity index (χ3v) is 4.53. The molecule has 0 unspecified atom stereocenters. The summed E-state index contributed by atoms with van der Waals surface area (Å²) in [5.41, 5.74) is 2.70. The molecule has 7 heteroatoms. The molecule has 0 radical (unpaired) electrons. The lowest BCUT2D eigenvalue weighted by Gasteiger charge is -2.04. The number of fused-ring (bicyclic) bond motifs is 1. The third-order valence-electron chi connectivity index (χ3n) is 4.53. The van der Waals surface area contributed by atoms with Gasteiger partial charge in [-0.25, -0.2) is 4.98 Å². The van der Waals surface area contributed by atoms with Crippen LogP contribution in [0.25, 0.3) is 5.52 Å². The van der Waals surface area contributed by atoms with E-state index in [9.17, 15) is 9.59 Å². The summed E-state index contributed by atoms with van der Waals surface area (Å²) in [5, 5.41) is 14.5. The average Bonchev–Trinajstić information content (AvgIpc) is 3.19. The second-order valence-corrected chi connectivity index (χ2v) is 6.55. The molecular weight excluding hydrogens is 378 g/mol. The predicted octanol–water partition coefficient (Wildman–Crippen LogP) is 3.39. The summed E-state index contributed by atoms with van der Waals surface area (Å²) in [4.78, 5) is 29.9. The summed E-state index contributed by atoms with van der Waals surface area (Å²) in [6.45, 7) is 0.359. The van der Waals surface area contributed by atoms with E-state index < -0.39 is 5.91 Å². The van der Waals surface area contributed by atoms with Crippen molar-refractivity contribution in [3.63, 3.8) is 0 Å². The fourth-order valence-electron chi connectivity index (χ4n) is 3.04. The number of nitriles is 1. The summed E-state index contributed by atoms with van der Waals surface area (Å²) < 4.78 is 1.58. The van der Waals surface area contributed by atoms with E-state index in [1.807, 2.05) is 36.4 Å². The first kappa shape index (κ1) is 18.9. The number of pyridine rings is 1. The number of carbonyl (C=O) groups is 2. The van der Waals surface area contributed by atoms with Crippen LogP contribution in [0.2, 0.25) is 0 Å². The molecular formula is C23H17N5O2. The molecule has 2 aromatic heterocycles. The van der Waals surface area contributed by atoms with Gasteiger partial charge in [-0.2, -0.15) is 5.26 Å². The zero-order valence-electron chi connectivity index (χ0n) is 15.9. The minimum Gasteiger partial charge on any atom is -0.347 e. The Labute approximate surface area is 172 Å². The van der Waals surface area contributed by atoms with Gasteiger partial charge < -0.3 is 10.6 Å². The van der Waals surface area contributed by atoms with Crippen LogP contribution in [-0.2, 0) is 6.54 Å². The molecule has 0 fully saturated rings. The van der Waals surface area contributed by atoms with Gasteiger partial charge in [-0.1, -0.05) is 36.4 Å². The molecule has 30 heavy (non-hydrogen) atoms. The van der Waals surface area contributed by atoms with Crippen molar-refractivity contribution in [3.8, 4) is 6.07 Å². The van der Waals surface area contributed by atoms with Gasteiger partial charge in [-0.15, -0.1) is 0 Å². The fourth-order valence-corrected chi connectivity index (χ4v) is 3.04. The Morgan fingerprint density at radius 3 is 2.40 bits per heavy atom. The van der Waals surface area contributed by atoms with Gasteiger partial charge in [0.25, 0.3) is 11.8 Å². The number of anilines is 1. The molecule has 0 aliphatic carbocycles. The first-order valence-electron chi connectivity index (χ1n) is 9.26. The average molecular weight is 395 g/mol. The van der Waals surface area contributed by atoms with Crippen molar-refractivity contribution in [2.24, 2.45) is 0 Å². The number of benzene rings is 2. The normalized spacial score (nSPS) is 10.4. The van der Waals surface area contributed by atoms with Crippen LogP contribution in [0.15, 0.2) is 79.0 Å². The van der Waals surface area contributed by atoms with Crippen LogP contribution in [0.3, 0.4) is 0 Å². The maximum Gasteiger partial charge on any atom is 0.292 e. The summed E-state index contributed by atoms with van der Waals surface area (Å²) in [7, 11) is 0. The van der Waals surface area contributed by atoms with Gasteiger partial charge >= 0.3 is 0 Å². The molecule has 0 aliphatic rings. The molecule has 4 aromatic rings. The molecule has 0 bridgehead atoms. The third kappa shape index (κ3) is 3.88. The number of carbonyl (C=O) groups excluding carboxylic acids is 2. The molecule has 0 spiro atoms. The lowest BCUT2D eigenvalue weighted by Crippen LogP contribution is -2.23. The summed E-state index contributed by atoms with van der Waals surface area (Å²) in [5.74, 6) is -0.720. The smallest absolute Gasteiger partial charge is 0.292 e. The van der Waals surface area contributed by atoms with E-state index in [0.717, 1.165) is 5.56 Å². The van der Waals surface area contributed by atoms with Gasteiger partial charge in [0.05, 0.1) is 17.1 Å². The SMILES string of the molecule is N#Cc1ccc(NC(=O)c2nc(C(=O)NCc3ccccc3)c3ccccn23)cc1. The Morgan fingerprint density at radius 1 is 0.933 bits per heavy atom. The van der Waals surface area contributed by atoms with Crippen LogP contribution in [0.5, 0.6) is 0 Å². The maximum absolute atomic E-state index is 12.8. The van der Waals surface area contributed by atoms with Crippen molar-refractivity contribution in [1.82, 2.24) is 14.7 Å². The van der Waals surface area contributed by atoms with Crippen molar-refractivity contribution >= 4 is 23.0 Å². The van der Waals surface area contributed by atoms with Crippen molar-refractivity contribution in [3.05, 3.63) is 102 Å². The second-order valence-electron chi connectivity index (χ2n) is 6.55. The van der Waals surface area contributed by atoms with Crippen molar-refractivity contribution < 1.29 is 9.59 Å². The largest absolute Gasteiger partial charge is 0.347 e. The zero-order chi connectivity index (χ0) is 20.9. The van der Waals surface area contributed by atoms with E-state index >= 15 is 0 Å². The van der Waals surface area contributed by atoms with Crippen LogP contribution in [0.1, 0.15) is 32.2 Å². The quantitative estimate of drug-likeness (QED) is 0.541. The van der Waals surface area contributed by atoms with E-state index in [-0.39, 0.29) is 17.4 Å². The number of imidazole rings is 1. The van der Waals surface area contributed by atoms with E-state index in [4.69, 9.17) is 5.26 Å². The molecule has 2 amide bonds. The molecule has 2 aromatic carbocycles. The number of nitrogens with one attached hydrogen (secondary N) is 2. The minimum absolute atomic E-state index is 0.0971. The molecule has 0 aliphatic heterocycles. The number of aromatic nitrogens is 2. The molecule has 0 atom stereocenters. The van der Waals surface area contributed by atoms with Crippen molar-refractivity contribution in [1.29, 1.82) is 5.26 Å². The Bertz CT molecular complexity index is 1250. The van der Waals surface area contributed by atoms with E-state index in [2.05, 4.69) is 15.6 Å². The number of hydrogen-bond acceptors (Lipinski definition) is 4.